The fourth-order valence-electron chi connectivity index (χ4n) is 1.26. The standard InChI is InChI=1S/C11H25NS/c1-5-12-11(4)7-6-8-13-9-10(2)3/h10-12H,5-9H2,1-4H3. The summed E-state index contributed by atoms with van der Waals surface area (Å²) in [6.45, 7) is 10.1. The van der Waals surface area contributed by atoms with Crippen LogP contribution in [-0.2, 0) is 0 Å². The zero-order valence-corrected chi connectivity index (χ0v) is 10.4. The van der Waals surface area contributed by atoms with Crippen molar-refractivity contribution in [1.82, 2.24) is 5.32 Å². The van der Waals surface area contributed by atoms with E-state index in [0.29, 0.717) is 6.04 Å². The molecule has 1 nitrogen and oxygen atoms in total. The lowest BCUT2D eigenvalue weighted by atomic mass is 10.2. The first kappa shape index (κ1) is 13.3. The molecule has 0 rings (SSSR count). The highest BCUT2D eigenvalue weighted by Crippen LogP contribution is 2.10. The maximum absolute atomic E-state index is 3.44. The Labute approximate surface area is 88.1 Å². The molecule has 0 saturated heterocycles. The van der Waals surface area contributed by atoms with Crippen molar-refractivity contribution in [2.75, 3.05) is 18.1 Å². The van der Waals surface area contributed by atoms with Gasteiger partial charge in [0.15, 0.2) is 0 Å². The number of hydrogen-bond donors (Lipinski definition) is 1. The lowest BCUT2D eigenvalue weighted by Crippen LogP contribution is -2.25. The van der Waals surface area contributed by atoms with Gasteiger partial charge in [-0.05, 0) is 43.7 Å². The minimum Gasteiger partial charge on any atom is -0.315 e. The van der Waals surface area contributed by atoms with E-state index in [-0.39, 0.29) is 0 Å². The van der Waals surface area contributed by atoms with E-state index in [1.165, 1.54) is 24.3 Å². The molecule has 80 valence electrons. The summed E-state index contributed by atoms with van der Waals surface area (Å²) in [6.07, 6.45) is 2.67. The molecule has 0 fully saturated rings. The molecule has 0 spiro atoms. The van der Waals surface area contributed by atoms with Crippen molar-refractivity contribution in [2.45, 2.75) is 46.6 Å². The number of hydrogen-bond acceptors (Lipinski definition) is 2. The minimum absolute atomic E-state index is 0.699. The van der Waals surface area contributed by atoms with Gasteiger partial charge in [0.05, 0.1) is 0 Å². The van der Waals surface area contributed by atoms with Crippen molar-refractivity contribution in [3.05, 3.63) is 0 Å². The summed E-state index contributed by atoms with van der Waals surface area (Å²) < 4.78 is 0. The summed E-state index contributed by atoms with van der Waals surface area (Å²) in [6, 6.07) is 0.699. The normalized spacial score (nSPS) is 13.6. The van der Waals surface area contributed by atoms with Gasteiger partial charge in [-0.1, -0.05) is 20.8 Å². The van der Waals surface area contributed by atoms with Gasteiger partial charge in [0.25, 0.3) is 0 Å². The molecule has 0 aliphatic rings. The van der Waals surface area contributed by atoms with Gasteiger partial charge in [0, 0.05) is 6.04 Å². The quantitative estimate of drug-likeness (QED) is 0.608. The summed E-state index contributed by atoms with van der Waals surface area (Å²) in [4.78, 5) is 0. The third-order valence-electron chi connectivity index (χ3n) is 1.93. The average molecular weight is 203 g/mol. The van der Waals surface area contributed by atoms with Gasteiger partial charge < -0.3 is 5.32 Å². The molecule has 0 aromatic heterocycles. The Morgan fingerprint density at radius 2 is 1.92 bits per heavy atom. The maximum Gasteiger partial charge on any atom is 0.00389 e. The van der Waals surface area contributed by atoms with E-state index in [0.717, 1.165) is 12.5 Å². The van der Waals surface area contributed by atoms with Crippen LogP contribution in [0.15, 0.2) is 0 Å². The molecule has 0 radical (unpaired) electrons. The second kappa shape index (κ2) is 8.89. The molecule has 0 bridgehead atoms. The predicted molar refractivity (Wildman–Crippen MR) is 64.5 cm³/mol. The molecule has 0 amide bonds. The van der Waals surface area contributed by atoms with E-state index in [1.54, 1.807) is 0 Å². The first-order chi connectivity index (χ1) is 6.16. The van der Waals surface area contributed by atoms with Gasteiger partial charge in [0.2, 0.25) is 0 Å². The zero-order valence-electron chi connectivity index (χ0n) is 9.60. The molecule has 0 aliphatic heterocycles. The summed E-state index contributed by atoms with van der Waals surface area (Å²) >= 11 is 2.09. The monoisotopic (exact) mass is 203 g/mol. The van der Waals surface area contributed by atoms with Crippen LogP contribution >= 0.6 is 11.8 Å². The molecule has 0 aromatic carbocycles. The summed E-state index contributed by atoms with van der Waals surface area (Å²) in [5.74, 6) is 3.49. The topological polar surface area (TPSA) is 12.0 Å². The molecule has 1 N–H and O–H groups in total. The number of thioether (sulfide) groups is 1. The Morgan fingerprint density at radius 3 is 2.46 bits per heavy atom. The number of rotatable bonds is 8. The Bertz CT molecular complexity index is 104. The van der Waals surface area contributed by atoms with Crippen molar-refractivity contribution in [1.29, 1.82) is 0 Å². The van der Waals surface area contributed by atoms with Crippen LogP contribution in [0.5, 0.6) is 0 Å². The predicted octanol–water partition coefficient (Wildman–Crippen LogP) is 3.15. The van der Waals surface area contributed by atoms with Crippen molar-refractivity contribution in [2.24, 2.45) is 5.92 Å². The fourth-order valence-corrected chi connectivity index (χ4v) is 2.27. The van der Waals surface area contributed by atoms with Crippen molar-refractivity contribution in [3.8, 4) is 0 Å². The largest absolute Gasteiger partial charge is 0.315 e. The molecule has 13 heavy (non-hydrogen) atoms. The molecule has 2 heteroatoms. The first-order valence-electron chi connectivity index (χ1n) is 5.48. The molecule has 0 aliphatic carbocycles. The maximum atomic E-state index is 3.44. The van der Waals surface area contributed by atoms with Gasteiger partial charge in [-0.3, -0.25) is 0 Å². The molecular formula is C11H25NS. The molecular weight excluding hydrogens is 178 g/mol. The van der Waals surface area contributed by atoms with Gasteiger partial charge in [0.1, 0.15) is 0 Å². The van der Waals surface area contributed by atoms with Crippen molar-refractivity contribution >= 4 is 11.8 Å². The van der Waals surface area contributed by atoms with Crippen LogP contribution in [0.25, 0.3) is 0 Å². The van der Waals surface area contributed by atoms with Gasteiger partial charge in [-0.15, -0.1) is 0 Å². The smallest absolute Gasteiger partial charge is 0.00389 e. The van der Waals surface area contributed by atoms with E-state index in [4.69, 9.17) is 0 Å². The Morgan fingerprint density at radius 1 is 1.23 bits per heavy atom. The van der Waals surface area contributed by atoms with Gasteiger partial charge >= 0.3 is 0 Å². The van der Waals surface area contributed by atoms with Crippen LogP contribution in [0.4, 0.5) is 0 Å². The van der Waals surface area contributed by atoms with E-state index >= 15 is 0 Å². The van der Waals surface area contributed by atoms with Gasteiger partial charge in [-0.2, -0.15) is 11.8 Å². The Balaban J connectivity index is 3.06. The van der Waals surface area contributed by atoms with Gasteiger partial charge in [-0.25, -0.2) is 0 Å². The summed E-state index contributed by atoms with van der Waals surface area (Å²) in [5.41, 5.74) is 0. The van der Waals surface area contributed by atoms with Crippen LogP contribution in [0, 0.1) is 5.92 Å². The third kappa shape index (κ3) is 10.2. The first-order valence-corrected chi connectivity index (χ1v) is 6.63. The van der Waals surface area contributed by atoms with Crippen LogP contribution in [0.1, 0.15) is 40.5 Å². The SMILES string of the molecule is CCNC(C)CCCSCC(C)C. The van der Waals surface area contributed by atoms with E-state index < -0.39 is 0 Å². The highest BCUT2D eigenvalue weighted by molar-refractivity contribution is 7.99. The number of nitrogens with one attached hydrogen (secondary N) is 1. The molecule has 1 unspecified atom stereocenters. The van der Waals surface area contributed by atoms with Crippen molar-refractivity contribution in [3.63, 3.8) is 0 Å². The molecule has 1 atom stereocenters. The van der Waals surface area contributed by atoms with Crippen LogP contribution < -0.4 is 5.32 Å². The Kier molecular flexibility index (Phi) is 9.10. The second-order valence-corrected chi connectivity index (χ2v) is 5.22. The van der Waals surface area contributed by atoms with Crippen molar-refractivity contribution < 1.29 is 0 Å². The van der Waals surface area contributed by atoms with E-state index in [9.17, 15) is 0 Å². The average Bonchev–Trinajstić information content (AvgIpc) is 2.03. The molecule has 0 heterocycles. The molecule has 0 aromatic rings. The minimum atomic E-state index is 0.699. The third-order valence-corrected chi connectivity index (χ3v) is 3.41. The summed E-state index contributed by atoms with van der Waals surface area (Å²) in [7, 11) is 0. The second-order valence-electron chi connectivity index (χ2n) is 4.07. The zero-order chi connectivity index (χ0) is 10.1. The molecule has 0 saturated carbocycles. The highest BCUT2D eigenvalue weighted by atomic mass is 32.2. The Hall–Kier alpha value is 0.310. The van der Waals surface area contributed by atoms with E-state index in [1.807, 2.05) is 0 Å². The van der Waals surface area contributed by atoms with E-state index in [2.05, 4.69) is 44.8 Å². The van der Waals surface area contributed by atoms with Crippen LogP contribution in [-0.4, -0.2) is 24.1 Å². The summed E-state index contributed by atoms with van der Waals surface area (Å²) in [5, 5.41) is 3.44. The van der Waals surface area contributed by atoms with Crippen LogP contribution in [0.2, 0.25) is 0 Å². The van der Waals surface area contributed by atoms with Crippen LogP contribution in [0.3, 0.4) is 0 Å². The lowest BCUT2D eigenvalue weighted by Gasteiger charge is -2.11. The lowest BCUT2D eigenvalue weighted by molar-refractivity contribution is 0.526. The fraction of sp³-hybridized carbons (Fsp3) is 1.00. The highest BCUT2D eigenvalue weighted by Gasteiger charge is 1.99.